The van der Waals surface area contributed by atoms with Crippen molar-refractivity contribution in [3.05, 3.63) is 64.4 Å². The minimum absolute atomic E-state index is 0.0361. The monoisotopic (exact) mass is 398 g/mol. The Labute approximate surface area is 165 Å². The van der Waals surface area contributed by atoms with E-state index in [1.165, 1.54) is 44.6 Å². The lowest BCUT2D eigenvalue weighted by atomic mass is 10.0. The van der Waals surface area contributed by atoms with Gasteiger partial charge in [0.15, 0.2) is 23.0 Å². The summed E-state index contributed by atoms with van der Waals surface area (Å²) in [6.07, 6.45) is 5.21. The molecular formula is C21H18O8. The topological polar surface area (TPSA) is 123 Å². The van der Waals surface area contributed by atoms with Crippen molar-refractivity contribution in [2.75, 3.05) is 14.2 Å². The number of carboxylic acids is 2. The van der Waals surface area contributed by atoms with Crippen molar-refractivity contribution in [1.29, 1.82) is 0 Å². The summed E-state index contributed by atoms with van der Waals surface area (Å²) in [6.45, 7) is 0. The summed E-state index contributed by atoms with van der Waals surface area (Å²) >= 11 is 0. The van der Waals surface area contributed by atoms with Crippen LogP contribution in [0.1, 0.15) is 31.8 Å². The van der Waals surface area contributed by atoms with E-state index in [1.807, 2.05) is 0 Å². The molecule has 0 amide bonds. The van der Waals surface area contributed by atoms with Crippen LogP contribution in [0.2, 0.25) is 0 Å². The van der Waals surface area contributed by atoms with E-state index in [-0.39, 0.29) is 33.9 Å². The fourth-order valence-corrected chi connectivity index (χ4v) is 2.88. The number of phenols is 1. The summed E-state index contributed by atoms with van der Waals surface area (Å²) in [5, 5.41) is 28.7. The lowest BCUT2D eigenvalue weighted by Crippen LogP contribution is -2.07. The first kappa shape index (κ1) is 19.8. The van der Waals surface area contributed by atoms with Gasteiger partial charge in [0.2, 0.25) is 0 Å². The third-order valence-corrected chi connectivity index (χ3v) is 4.34. The molecule has 2 aromatic carbocycles. The number of carboxylic acid groups (broad SMARTS) is 2. The maximum absolute atomic E-state index is 11.3. The summed E-state index contributed by atoms with van der Waals surface area (Å²) < 4.78 is 16.1. The third-order valence-electron chi connectivity index (χ3n) is 4.34. The number of ether oxygens (including phenoxy) is 3. The molecule has 0 spiro atoms. The molecule has 2 aromatic rings. The van der Waals surface area contributed by atoms with Gasteiger partial charge >= 0.3 is 11.9 Å². The molecule has 1 heterocycles. The molecule has 1 aliphatic heterocycles. The number of fused-ring (bicyclic) bond motifs is 1. The molecule has 0 radical (unpaired) electrons. The molecule has 150 valence electrons. The fraction of sp³-hybridized carbons (Fsp3) is 0.143. The number of hydrogen-bond acceptors (Lipinski definition) is 6. The van der Waals surface area contributed by atoms with Crippen LogP contribution in [-0.2, 0) is 6.42 Å². The minimum atomic E-state index is -1.15. The fourth-order valence-electron chi connectivity index (χ4n) is 2.88. The van der Waals surface area contributed by atoms with E-state index in [4.69, 9.17) is 14.2 Å². The highest BCUT2D eigenvalue weighted by Crippen LogP contribution is 2.38. The Bertz CT molecular complexity index is 1050. The van der Waals surface area contributed by atoms with Crippen molar-refractivity contribution in [2.45, 2.75) is 6.42 Å². The highest BCUT2D eigenvalue weighted by molar-refractivity contribution is 5.90. The SMILES string of the molecule is COc1cc(C(=O)O)cc(/C=C/C2=CCc3cc(C(=O)O)cc(OC)c3O2)c1O. The smallest absolute Gasteiger partial charge is 0.335 e. The zero-order chi connectivity index (χ0) is 21.1. The van der Waals surface area contributed by atoms with Crippen LogP contribution < -0.4 is 14.2 Å². The normalized spacial score (nSPS) is 12.7. The zero-order valence-corrected chi connectivity index (χ0v) is 15.6. The second-order valence-corrected chi connectivity index (χ2v) is 6.14. The molecule has 0 aromatic heterocycles. The molecule has 3 rings (SSSR count). The maximum atomic E-state index is 11.3. The molecular weight excluding hydrogens is 380 g/mol. The number of aromatic carboxylic acids is 2. The Morgan fingerprint density at radius 3 is 2.21 bits per heavy atom. The van der Waals surface area contributed by atoms with Crippen molar-refractivity contribution in [3.63, 3.8) is 0 Å². The molecule has 0 fully saturated rings. The molecule has 8 nitrogen and oxygen atoms in total. The van der Waals surface area contributed by atoms with E-state index in [0.717, 1.165) is 0 Å². The van der Waals surface area contributed by atoms with Crippen LogP contribution in [-0.4, -0.2) is 41.5 Å². The molecule has 29 heavy (non-hydrogen) atoms. The van der Waals surface area contributed by atoms with E-state index in [0.29, 0.717) is 23.5 Å². The van der Waals surface area contributed by atoms with Crippen LogP contribution in [0, 0.1) is 0 Å². The molecule has 3 N–H and O–H groups in total. The number of hydrogen-bond donors (Lipinski definition) is 3. The number of benzene rings is 2. The van der Waals surface area contributed by atoms with Gasteiger partial charge in [-0.05, 0) is 48.9 Å². The van der Waals surface area contributed by atoms with Gasteiger partial charge in [-0.3, -0.25) is 0 Å². The van der Waals surface area contributed by atoms with Crippen LogP contribution in [0.5, 0.6) is 23.0 Å². The molecule has 0 saturated carbocycles. The van der Waals surface area contributed by atoms with Gasteiger partial charge in [-0.1, -0.05) is 0 Å². The van der Waals surface area contributed by atoms with Gasteiger partial charge in [-0.2, -0.15) is 0 Å². The first-order chi connectivity index (χ1) is 13.8. The summed E-state index contributed by atoms with van der Waals surface area (Å²) in [7, 11) is 2.75. The number of rotatable bonds is 6. The number of allylic oxidation sites excluding steroid dienone is 2. The molecule has 0 unspecified atom stereocenters. The van der Waals surface area contributed by atoms with Crippen LogP contribution in [0.25, 0.3) is 6.08 Å². The molecule has 0 saturated heterocycles. The van der Waals surface area contributed by atoms with Crippen LogP contribution >= 0.6 is 0 Å². The second-order valence-electron chi connectivity index (χ2n) is 6.14. The van der Waals surface area contributed by atoms with Crippen molar-refractivity contribution >= 4 is 18.0 Å². The summed E-state index contributed by atoms with van der Waals surface area (Å²) in [4.78, 5) is 22.5. The van der Waals surface area contributed by atoms with Crippen LogP contribution in [0.15, 0.2) is 42.2 Å². The average Bonchev–Trinajstić information content (AvgIpc) is 2.71. The highest BCUT2D eigenvalue weighted by Gasteiger charge is 2.20. The van der Waals surface area contributed by atoms with E-state index in [2.05, 4.69) is 0 Å². The summed E-state index contributed by atoms with van der Waals surface area (Å²) in [5.41, 5.74) is 0.965. The van der Waals surface area contributed by atoms with Crippen molar-refractivity contribution in [2.24, 2.45) is 0 Å². The molecule has 8 heteroatoms. The van der Waals surface area contributed by atoms with Crippen molar-refractivity contribution < 1.29 is 39.1 Å². The average molecular weight is 398 g/mol. The minimum Gasteiger partial charge on any atom is -0.504 e. The van der Waals surface area contributed by atoms with Gasteiger partial charge in [0, 0.05) is 11.1 Å². The van der Waals surface area contributed by atoms with E-state index in [1.54, 1.807) is 12.2 Å². The largest absolute Gasteiger partial charge is 0.504 e. The zero-order valence-electron chi connectivity index (χ0n) is 15.6. The van der Waals surface area contributed by atoms with Crippen LogP contribution in [0.3, 0.4) is 0 Å². The quantitative estimate of drug-likeness (QED) is 0.677. The third kappa shape index (κ3) is 4.01. The number of carbonyl (C=O) groups is 2. The van der Waals surface area contributed by atoms with Crippen LogP contribution in [0.4, 0.5) is 0 Å². The van der Waals surface area contributed by atoms with E-state index >= 15 is 0 Å². The predicted octanol–water partition coefficient (Wildman–Crippen LogP) is 3.34. The van der Waals surface area contributed by atoms with Gasteiger partial charge in [-0.25, -0.2) is 9.59 Å². The maximum Gasteiger partial charge on any atom is 0.335 e. The predicted molar refractivity (Wildman–Crippen MR) is 103 cm³/mol. The summed E-state index contributed by atoms with van der Waals surface area (Å²) in [6, 6.07) is 5.44. The molecule has 0 bridgehead atoms. The van der Waals surface area contributed by atoms with Gasteiger partial charge in [0.1, 0.15) is 5.76 Å². The second kappa shape index (κ2) is 7.97. The Hall–Kier alpha value is -3.94. The molecule has 1 aliphatic rings. The van der Waals surface area contributed by atoms with Gasteiger partial charge < -0.3 is 29.5 Å². The van der Waals surface area contributed by atoms with E-state index in [9.17, 15) is 24.9 Å². The Morgan fingerprint density at radius 1 is 0.966 bits per heavy atom. The first-order valence-corrected chi connectivity index (χ1v) is 8.48. The Balaban J connectivity index is 1.92. The summed E-state index contributed by atoms with van der Waals surface area (Å²) in [5.74, 6) is -1.26. The van der Waals surface area contributed by atoms with E-state index < -0.39 is 11.9 Å². The number of aromatic hydroxyl groups is 1. The lowest BCUT2D eigenvalue weighted by molar-refractivity contribution is 0.0685. The van der Waals surface area contributed by atoms with Gasteiger partial charge in [0.25, 0.3) is 0 Å². The Morgan fingerprint density at radius 2 is 1.59 bits per heavy atom. The lowest BCUT2D eigenvalue weighted by Gasteiger charge is -2.19. The molecule has 0 atom stereocenters. The standard InChI is InChI=1S/C21H18O8/c1-27-16-9-13(20(23)24)7-11(18(16)22)3-5-15-6-4-12-8-14(21(25)26)10-17(28-2)19(12)29-15/h3,5-10,22H,4H2,1-2H3,(H,23,24)(H,25,26)/b5-3+. The highest BCUT2D eigenvalue weighted by atomic mass is 16.5. The number of methoxy groups -OCH3 is 2. The van der Waals surface area contributed by atoms with Crippen molar-refractivity contribution in [3.8, 4) is 23.0 Å². The Kier molecular flexibility index (Phi) is 5.45. The molecule has 0 aliphatic carbocycles. The van der Waals surface area contributed by atoms with Crippen molar-refractivity contribution in [1.82, 2.24) is 0 Å². The van der Waals surface area contributed by atoms with Gasteiger partial charge in [-0.15, -0.1) is 0 Å². The first-order valence-electron chi connectivity index (χ1n) is 8.48. The number of phenolic OH excluding ortho intramolecular Hbond substituents is 1. The van der Waals surface area contributed by atoms with Gasteiger partial charge in [0.05, 0.1) is 25.3 Å².